The molecule has 4 aromatic rings. The number of ether oxygens (including phenoxy) is 3. The summed E-state index contributed by atoms with van der Waals surface area (Å²) >= 11 is 0. The van der Waals surface area contributed by atoms with Gasteiger partial charge in [0.05, 0.1) is 12.3 Å². The number of hydrogen-bond acceptors (Lipinski definition) is 8. The monoisotopic (exact) mass is 479 g/mol. The number of amides is 1. The Hall–Kier alpha value is -4.74. The molecular weight excluding hydrogens is 461 g/mol. The minimum absolute atomic E-state index is 0.0128. The molecule has 1 amide bonds. The van der Waals surface area contributed by atoms with Gasteiger partial charge in [-0.05, 0) is 31.2 Å². The van der Waals surface area contributed by atoms with Crippen molar-refractivity contribution in [2.75, 3.05) is 13.4 Å². The standard InChI is InChI=1S/C23H18FN5O6/c1-2-33-17(30)10-28-19-18(20(25)31)26-21(12-4-3-5-13(24)8-12)27-22(19)29(23(28)32)14-6-7-15-16(9-14)35-11-34-15/h3-9H,2,10-11H2,1H3,(H2,25,31). The van der Waals surface area contributed by atoms with Gasteiger partial charge >= 0.3 is 11.7 Å². The molecule has 5 rings (SSSR count). The number of fused-ring (bicyclic) bond motifs is 2. The van der Waals surface area contributed by atoms with Gasteiger partial charge in [-0.1, -0.05) is 12.1 Å². The van der Waals surface area contributed by atoms with Gasteiger partial charge in [-0.15, -0.1) is 0 Å². The van der Waals surface area contributed by atoms with Crippen LogP contribution in [-0.2, 0) is 16.1 Å². The maximum absolute atomic E-state index is 13.9. The Morgan fingerprint density at radius 3 is 2.69 bits per heavy atom. The van der Waals surface area contributed by atoms with Gasteiger partial charge < -0.3 is 19.9 Å². The van der Waals surface area contributed by atoms with Crippen LogP contribution in [0.1, 0.15) is 17.4 Å². The van der Waals surface area contributed by atoms with Gasteiger partial charge in [0.2, 0.25) is 6.79 Å². The van der Waals surface area contributed by atoms with Crippen molar-refractivity contribution in [2.24, 2.45) is 5.73 Å². The van der Waals surface area contributed by atoms with Crippen LogP contribution in [0.2, 0.25) is 0 Å². The van der Waals surface area contributed by atoms with Crippen molar-refractivity contribution in [3.63, 3.8) is 0 Å². The van der Waals surface area contributed by atoms with Crippen LogP contribution in [0.25, 0.3) is 28.2 Å². The van der Waals surface area contributed by atoms with E-state index in [0.29, 0.717) is 17.2 Å². The number of imidazole rings is 1. The highest BCUT2D eigenvalue weighted by Gasteiger charge is 2.26. The second-order valence-corrected chi connectivity index (χ2v) is 7.49. The Balaban J connectivity index is 1.84. The summed E-state index contributed by atoms with van der Waals surface area (Å²) in [5.41, 5.74) is 5.11. The molecule has 0 unspecified atom stereocenters. The van der Waals surface area contributed by atoms with Crippen molar-refractivity contribution in [2.45, 2.75) is 13.5 Å². The first-order chi connectivity index (χ1) is 16.9. The summed E-state index contributed by atoms with van der Waals surface area (Å²) in [5.74, 6) is -1.35. The molecule has 35 heavy (non-hydrogen) atoms. The molecule has 2 aromatic carbocycles. The molecule has 0 radical (unpaired) electrons. The molecule has 3 heterocycles. The maximum Gasteiger partial charge on any atom is 0.335 e. The van der Waals surface area contributed by atoms with Crippen LogP contribution in [0, 0.1) is 5.82 Å². The minimum atomic E-state index is -0.963. The predicted octanol–water partition coefficient (Wildman–Crippen LogP) is 1.78. The summed E-state index contributed by atoms with van der Waals surface area (Å²) < 4.78 is 31.8. The fraction of sp³-hybridized carbons (Fsp3) is 0.174. The van der Waals surface area contributed by atoms with Gasteiger partial charge in [0, 0.05) is 11.6 Å². The largest absolute Gasteiger partial charge is 0.465 e. The second kappa shape index (κ2) is 8.56. The number of nitrogens with two attached hydrogens (primary N) is 1. The number of carbonyl (C=O) groups is 2. The number of rotatable bonds is 6. The minimum Gasteiger partial charge on any atom is -0.465 e. The quantitative estimate of drug-likeness (QED) is 0.413. The van der Waals surface area contributed by atoms with Gasteiger partial charge in [0.1, 0.15) is 17.9 Å². The van der Waals surface area contributed by atoms with Gasteiger partial charge in [-0.3, -0.25) is 14.2 Å². The van der Waals surface area contributed by atoms with Crippen molar-refractivity contribution < 1.29 is 28.2 Å². The van der Waals surface area contributed by atoms with E-state index in [9.17, 15) is 18.8 Å². The molecule has 1 aliphatic heterocycles. The topological polar surface area (TPSA) is 141 Å². The normalized spacial score (nSPS) is 12.2. The van der Waals surface area contributed by atoms with E-state index in [0.717, 1.165) is 4.57 Å². The smallest absolute Gasteiger partial charge is 0.335 e. The highest BCUT2D eigenvalue weighted by molar-refractivity contribution is 6.02. The maximum atomic E-state index is 13.9. The fourth-order valence-electron chi connectivity index (χ4n) is 3.82. The first-order valence-electron chi connectivity index (χ1n) is 10.5. The van der Waals surface area contributed by atoms with E-state index in [2.05, 4.69) is 9.97 Å². The number of halogens is 1. The van der Waals surface area contributed by atoms with Gasteiger partial charge in [0.15, 0.2) is 28.7 Å². The molecule has 0 saturated carbocycles. The fourth-order valence-corrected chi connectivity index (χ4v) is 3.82. The molecule has 1 aliphatic rings. The van der Waals surface area contributed by atoms with Crippen molar-refractivity contribution in [1.82, 2.24) is 19.1 Å². The number of benzene rings is 2. The molecule has 12 heteroatoms. The summed E-state index contributed by atoms with van der Waals surface area (Å²) in [5, 5.41) is 0. The molecule has 2 N–H and O–H groups in total. The number of esters is 1. The zero-order chi connectivity index (χ0) is 24.7. The Bertz CT molecular complexity index is 1560. The average Bonchev–Trinajstić information content (AvgIpc) is 3.40. The van der Waals surface area contributed by atoms with Crippen molar-refractivity contribution in [3.8, 4) is 28.6 Å². The van der Waals surface area contributed by atoms with E-state index in [1.807, 2.05) is 0 Å². The van der Waals surface area contributed by atoms with Gasteiger partial charge in [0.25, 0.3) is 5.91 Å². The second-order valence-electron chi connectivity index (χ2n) is 7.49. The average molecular weight is 479 g/mol. The lowest BCUT2D eigenvalue weighted by Crippen LogP contribution is -2.28. The van der Waals surface area contributed by atoms with E-state index in [-0.39, 0.29) is 41.6 Å². The first kappa shape index (κ1) is 22.1. The highest BCUT2D eigenvalue weighted by atomic mass is 19.1. The van der Waals surface area contributed by atoms with Crippen LogP contribution >= 0.6 is 0 Å². The van der Waals surface area contributed by atoms with Crippen LogP contribution in [0.15, 0.2) is 47.3 Å². The lowest BCUT2D eigenvalue weighted by atomic mass is 10.2. The van der Waals surface area contributed by atoms with Gasteiger partial charge in [-0.2, -0.15) is 0 Å². The van der Waals surface area contributed by atoms with E-state index in [1.165, 1.54) is 22.8 Å². The molecule has 0 bridgehead atoms. The van der Waals surface area contributed by atoms with E-state index >= 15 is 0 Å². The van der Waals surface area contributed by atoms with Crippen LogP contribution in [0.4, 0.5) is 4.39 Å². The molecule has 11 nitrogen and oxygen atoms in total. The highest BCUT2D eigenvalue weighted by Crippen LogP contribution is 2.34. The third-order valence-electron chi connectivity index (χ3n) is 5.29. The third-order valence-corrected chi connectivity index (χ3v) is 5.29. The molecule has 2 aromatic heterocycles. The Labute approximate surface area is 196 Å². The van der Waals surface area contributed by atoms with Crippen LogP contribution in [0.5, 0.6) is 11.5 Å². The number of carbonyl (C=O) groups excluding carboxylic acids is 2. The third kappa shape index (κ3) is 3.84. The molecule has 0 aliphatic carbocycles. The van der Waals surface area contributed by atoms with Crippen LogP contribution < -0.4 is 20.9 Å². The summed E-state index contributed by atoms with van der Waals surface area (Å²) in [4.78, 5) is 47.0. The number of primary amides is 1. The summed E-state index contributed by atoms with van der Waals surface area (Å²) in [6, 6.07) is 10.2. The Morgan fingerprint density at radius 1 is 1.14 bits per heavy atom. The SMILES string of the molecule is CCOC(=O)Cn1c(=O)n(-c2ccc3c(c2)OCO3)c2nc(-c3cccc(F)c3)nc(C(N)=O)c21. The Morgan fingerprint density at radius 2 is 1.94 bits per heavy atom. The molecule has 178 valence electrons. The number of nitrogens with zero attached hydrogens (tertiary/aromatic N) is 4. The molecule has 0 spiro atoms. The van der Waals surface area contributed by atoms with E-state index < -0.39 is 29.9 Å². The first-order valence-corrected chi connectivity index (χ1v) is 10.5. The summed E-state index contributed by atoms with van der Waals surface area (Å²) in [7, 11) is 0. The van der Waals surface area contributed by atoms with Crippen LogP contribution in [0.3, 0.4) is 0 Å². The predicted molar refractivity (Wildman–Crippen MR) is 120 cm³/mol. The molecule has 0 atom stereocenters. The van der Waals surface area contributed by atoms with Crippen molar-refractivity contribution in [3.05, 3.63) is 64.5 Å². The van der Waals surface area contributed by atoms with Crippen molar-refractivity contribution in [1.29, 1.82) is 0 Å². The molecule has 0 fully saturated rings. The summed E-state index contributed by atoms with van der Waals surface area (Å²) in [6.45, 7) is 1.23. The van der Waals surface area contributed by atoms with Crippen molar-refractivity contribution >= 4 is 23.0 Å². The molecule has 0 saturated heterocycles. The van der Waals surface area contributed by atoms with E-state index in [4.69, 9.17) is 19.9 Å². The van der Waals surface area contributed by atoms with Crippen LogP contribution in [-0.4, -0.2) is 44.4 Å². The molecular formula is C23H18FN5O6. The number of hydrogen-bond donors (Lipinski definition) is 1. The van der Waals surface area contributed by atoms with E-state index in [1.54, 1.807) is 31.2 Å². The number of aromatic nitrogens is 4. The zero-order valence-corrected chi connectivity index (χ0v) is 18.4. The lowest BCUT2D eigenvalue weighted by Gasteiger charge is -2.08. The summed E-state index contributed by atoms with van der Waals surface area (Å²) in [6.07, 6.45) is 0. The Kier molecular flexibility index (Phi) is 5.40. The van der Waals surface area contributed by atoms with Gasteiger partial charge in [-0.25, -0.2) is 23.7 Å². The lowest BCUT2D eigenvalue weighted by molar-refractivity contribution is -0.143. The zero-order valence-electron chi connectivity index (χ0n) is 18.4.